The van der Waals surface area contributed by atoms with Gasteiger partial charge < -0.3 is 30.5 Å². The monoisotopic (exact) mass is 661 g/mol. The second-order valence-corrected chi connectivity index (χ2v) is 13.3. The molecule has 0 radical (unpaired) electrons. The van der Waals surface area contributed by atoms with Crippen LogP contribution in [-0.2, 0) is 25.5 Å². The normalized spacial score (nSPS) is 16.2. The highest BCUT2D eigenvalue weighted by Gasteiger charge is 2.33. The lowest BCUT2D eigenvalue weighted by atomic mass is 9.89. The average molecular weight is 662 g/mol. The number of aliphatic hydroxyl groups excluding tert-OH is 1. The van der Waals surface area contributed by atoms with Crippen LogP contribution in [0.1, 0.15) is 92.1 Å². The first kappa shape index (κ1) is 39.8. The first-order valence-corrected chi connectivity index (χ1v) is 17.4. The zero-order valence-electron chi connectivity index (χ0n) is 29.3. The van der Waals surface area contributed by atoms with Gasteiger partial charge in [-0.15, -0.1) is 0 Å². The number of rotatable bonds is 19. The van der Waals surface area contributed by atoms with Crippen LogP contribution >= 0.6 is 0 Å². The molecule has 266 valence electrons. The second-order valence-electron chi connectivity index (χ2n) is 13.3. The predicted octanol–water partition coefficient (Wildman–Crippen LogP) is 4.31. The van der Waals surface area contributed by atoms with Crippen molar-refractivity contribution < 1.29 is 33.8 Å². The van der Waals surface area contributed by atoms with Crippen LogP contribution < -0.4 is 21.4 Å². The fraction of sp³-hybridized carbons (Fsp3) is 0.714. The molecular weight excluding hydrogens is 602 g/mol. The molecule has 0 heterocycles. The van der Waals surface area contributed by atoms with Gasteiger partial charge in [0.05, 0.1) is 25.4 Å². The minimum Gasteiger partial charge on any atom is -0.450 e. The molecule has 1 aliphatic rings. The Labute approximate surface area is 281 Å². The van der Waals surface area contributed by atoms with E-state index in [0.717, 1.165) is 31.2 Å². The third kappa shape index (κ3) is 14.9. The van der Waals surface area contributed by atoms with Crippen molar-refractivity contribution in [2.24, 2.45) is 17.8 Å². The van der Waals surface area contributed by atoms with Crippen LogP contribution in [0.4, 0.5) is 9.59 Å². The molecule has 1 aromatic carbocycles. The maximum absolute atomic E-state index is 13.6. The minimum atomic E-state index is -1.09. The van der Waals surface area contributed by atoms with Crippen molar-refractivity contribution in [2.75, 3.05) is 26.3 Å². The molecule has 4 atom stereocenters. The number of amides is 4. The highest BCUT2D eigenvalue weighted by molar-refractivity contribution is 5.86. The first-order valence-electron chi connectivity index (χ1n) is 17.4. The minimum absolute atomic E-state index is 0.0312. The second kappa shape index (κ2) is 21.5. The van der Waals surface area contributed by atoms with Gasteiger partial charge in [0.1, 0.15) is 12.1 Å². The van der Waals surface area contributed by atoms with E-state index in [9.17, 15) is 24.3 Å². The summed E-state index contributed by atoms with van der Waals surface area (Å²) >= 11 is 0. The van der Waals surface area contributed by atoms with Gasteiger partial charge in [0.2, 0.25) is 5.91 Å². The van der Waals surface area contributed by atoms with E-state index in [4.69, 9.17) is 9.47 Å². The predicted molar refractivity (Wildman–Crippen MR) is 181 cm³/mol. The van der Waals surface area contributed by atoms with Gasteiger partial charge in [0.15, 0.2) is 0 Å². The van der Waals surface area contributed by atoms with Crippen molar-refractivity contribution in [1.82, 2.24) is 26.4 Å². The van der Waals surface area contributed by atoms with E-state index in [1.165, 1.54) is 6.42 Å². The molecule has 0 bridgehead atoms. The molecule has 12 nitrogen and oxygen atoms in total. The molecule has 0 spiro atoms. The summed E-state index contributed by atoms with van der Waals surface area (Å²) in [6.45, 7) is 12.1. The van der Waals surface area contributed by atoms with Gasteiger partial charge in [-0.05, 0) is 55.4 Å². The number of hydrogen-bond donors (Lipinski definition) is 5. The van der Waals surface area contributed by atoms with E-state index in [0.29, 0.717) is 31.7 Å². The quantitative estimate of drug-likeness (QED) is 0.137. The molecule has 0 aromatic heterocycles. The van der Waals surface area contributed by atoms with Crippen molar-refractivity contribution >= 4 is 24.0 Å². The number of benzene rings is 1. The van der Waals surface area contributed by atoms with Gasteiger partial charge >= 0.3 is 12.2 Å². The number of alkyl carbamates (subject to hydrolysis) is 2. The fourth-order valence-electron chi connectivity index (χ4n) is 5.65. The lowest BCUT2D eigenvalue weighted by Crippen LogP contribution is -2.60. The smallest absolute Gasteiger partial charge is 0.407 e. The van der Waals surface area contributed by atoms with E-state index in [1.807, 2.05) is 71.9 Å². The number of nitrogens with one attached hydrogen (secondary N) is 4. The van der Waals surface area contributed by atoms with Crippen LogP contribution in [0.2, 0.25) is 0 Å². The van der Waals surface area contributed by atoms with Gasteiger partial charge in [0, 0.05) is 13.1 Å². The number of carbonyl (C=O) groups is 4. The van der Waals surface area contributed by atoms with Crippen molar-refractivity contribution in [2.45, 2.75) is 117 Å². The van der Waals surface area contributed by atoms with Crippen molar-refractivity contribution in [3.8, 4) is 0 Å². The summed E-state index contributed by atoms with van der Waals surface area (Å²) in [7, 11) is 0. The van der Waals surface area contributed by atoms with Gasteiger partial charge in [0.25, 0.3) is 5.91 Å². The molecule has 0 aliphatic heterocycles. The first-order chi connectivity index (χ1) is 22.4. The molecule has 4 amide bonds. The zero-order valence-corrected chi connectivity index (χ0v) is 29.3. The number of carbonyl (C=O) groups excluding carboxylic acids is 4. The number of hydrazine groups is 1. The van der Waals surface area contributed by atoms with Gasteiger partial charge in [-0.25, -0.2) is 14.6 Å². The number of ether oxygens (including phenoxy) is 2. The van der Waals surface area contributed by atoms with Crippen LogP contribution in [0.5, 0.6) is 0 Å². The van der Waals surface area contributed by atoms with Crippen LogP contribution in [0.25, 0.3) is 0 Å². The molecular formula is C35H59N5O7. The number of nitrogens with zero attached hydrogens (tertiary/aromatic N) is 1. The largest absolute Gasteiger partial charge is 0.450 e. The Bertz CT molecular complexity index is 1080. The fourth-order valence-corrected chi connectivity index (χ4v) is 5.65. The molecule has 0 unspecified atom stereocenters. The van der Waals surface area contributed by atoms with E-state index >= 15 is 0 Å². The van der Waals surface area contributed by atoms with E-state index in [2.05, 4.69) is 21.4 Å². The number of aliphatic hydroxyl groups is 1. The van der Waals surface area contributed by atoms with E-state index in [-0.39, 0.29) is 31.6 Å². The molecule has 2 rings (SSSR count). The molecule has 12 heteroatoms. The topological polar surface area (TPSA) is 158 Å². The summed E-state index contributed by atoms with van der Waals surface area (Å²) in [6, 6.07) is 7.05. The Morgan fingerprint density at radius 2 is 1.34 bits per heavy atom. The Morgan fingerprint density at radius 3 is 1.85 bits per heavy atom. The molecule has 1 fully saturated rings. The van der Waals surface area contributed by atoms with Crippen molar-refractivity contribution in [1.29, 1.82) is 0 Å². The van der Waals surface area contributed by atoms with Crippen LogP contribution in [-0.4, -0.2) is 84.6 Å². The molecule has 47 heavy (non-hydrogen) atoms. The maximum Gasteiger partial charge on any atom is 0.407 e. The third-order valence-corrected chi connectivity index (χ3v) is 8.29. The van der Waals surface area contributed by atoms with Crippen LogP contribution in [0.3, 0.4) is 0 Å². The summed E-state index contributed by atoms with van der Waals surface area (Å²) in [4.78, 5) is 51.9. The summed E-state index contributed by atoms with van der Waals surface area (Å²) in [5.41, 5.74) is 3.88. The summed E-state index contributed by atoms with van der Waals surface area (Å²) in [5.74, 6) is -0.992. The van der Waals surface area contributed by atoms with E-state index in [1.54, 1.807) is 5.01 Å². The molecule has 5 N–H and O–H groups in total. The number of hydrogen-bond acceptors (Lipinski definition) is 8. The van der Waals surface area contributed by atoms with Crippen molar-refractivity contribution in [3.63, 3.8) is 0 Å². The Morgan fingerprint density at radius 1 is 0.809 bits per heavy atom. The van der Waals surface area contributed by atoms with Crippen molar-refractivity contribution in [3.05, 3.63) is 35.9 Å². The highest BCUT2D eigenvalue weighted by Crippen LogP contribution is 2.24. The SMILES string of the molecule is CCCOC(=O)N[C@H](C(=O)N[C@@H](Cc1ccccc1)[C@@H](O)CN(CC1CCCCC1)NC(=O)[C@@H](NC(=O)OCCC)C(C)C)C(C)C. The summed E-state index contributed by atoms with van der Waals surface area (Å²) in [6.07, 6.45) is 4.62. The lowest BCUT2D eigenvalue weighted by molar-refractivity contribution is -0.131. The molecule has 0 saturated heterocycles. The van der Waals surface area contributed by atoms with Gasteiger partial charge in [-0.1, -0.05) is 91.1 Å². The summed E-state index contributed by atoms with van der Waals surface area (Å²) in [5, 5.41) is 21.8. The summed E-state index contributed by atoms with van der Waals surface area (Å²) < 4.78 is 10.3. The van der Waals surface area contributed by atoms with Crippen LogP contribution in [0, 0.1) is 17.8 Å². The lowest BCUT2D eigenvalue weighted by Gasteiger charge is -2.35. The molecule has 1 saturated carbocycles. The zero-order chi connectivity index (χ0) is 34.8. The van der Waals surface area contributed by atoms with Gasteiger partial charge in [-0.3, -0.25) is 15.0 Å². The van der Waals surface area contributed by atoms with Gasteiger partial charge in [-0.2, -0.15) is 0 Å². The standard InChI is InChI=1S/C35H59N5O7/c1-7-19-46-34(44)37-30(24(3)4)32(42)36-28(21-26-15-11-9-12-16-26)29(41)23-40(22-27-17-13-10-14-18-27)39-33(43)31(25(5)6)38-35(45)47-20-8-2/h9,11-12,15-16,24-25,27-31,41H,7-8,10,13-14,17-23H2,1-6H3,(H,36,42)(H,37,44)(H,38,45)(H,39,43)/t28-,29-,30-,31-/m0/s1. The Hall–Kier alpha value is -3.38. The Kier molecular flexibility index (Phi) is 18.2. The van der Waals surface area contributed by atoms with Crippen LogP contribution in [0.15, 0.2) is 30.3 Å². The Balaban J connectivity index is 2.29. The molecule has 1 aromatic rings. The molecule has 1 aliphatic carbocycles. The average Bonchev–Trinajstić information content (AvgIpc) is 3.04. The van der Waals surface area contributed by atoms with E-state index < -0.39 is 48.2 Å². The highest BCUT2D eigenvalue weighted by atomic mass is 16.6. The third-order valence-electron chi connectivity index (χ3n) is 8.29. The maximum atomic E-state index is 13.6.